The van der Waals surface area contributed by atoms with Gasteiger partial charge in [0.1, 0.15) is 17.4 Å². The van der Waals surface area contributed by atoms with Crippen molar-refractivity contribution < 1.29 is 4.74 Å². The Labute approximate surface area is 129 Å². The number of ether oxygens (including phenoxy) is 1. The van der Waals surface area contributed by atoms with E-state index >= 15 is 0 Å². The Morgan fingerprint density at radius 3 is 2.64 bits per heavy atom. The van der Waals surface area contributed by atoms with Crippen molar-refractivity contribution in [1.82, 2.24) is 9.97 Å². The summed E-state index contributed by atoms with van der Waals surface area (Å²) in [6.07, 6.45) is 2.50. The lowest BCUT2D eigenvalue weighted by atomic mass is 10.1. The van der Waals surface area contributed by atoms with E-state index in [-0.39, 0.29) is 0 Å². The Morgan fingerprint density at radius 1 is 1.18 bits per heavy atom. The zero-order valence-corrected chi connectivity index (χ0v) is 12.6. The summed E-state index contributed by atoms with van der Waals surface area (Å²) in [5, 5.41) is 5.13. The maximum Gasteiger partial charge on any atom is 0.135 e. The first-order valence-corrected chi connectivity index (χ1v) is 7.05. The highest BCUT2D eigenvalue weighted by molar-refractivity contribution is 5.92. The van der Waals surface area contributed by atoms with E-state index in [0.29, 0.717) is 5.82 Å². The van der Waals surface area contributed by atoms with Gasteiger partial charge in [0.2, 0.25) is 0 Å². The molecule has 5 nitrogen and oxygen atoms in total. The standard InChI is InChI=1S/C17H18N4O/c1-19-17-15-10-20-16(18)9-12(15)8-13(21-17)7-11-3-5-14(22-2)6-4-11/h3-6,8-10H,7H2,1-2H3,(H2,18,20)(H,19,21). The summed E-state index contributed by atoms with van der Waals surface area (Å²) in [6, 6.07) is 11.9. The molecule has 3 N–H and O–H groups in total. The number of rotatable bonds is 4. The van der Waals surface area contributed by atoms with Crippen molar-refractivity contribution in [2.24, 2.45) is 0 Å². The second kappa shape index (κ2) is 5.89. The maximum atomic E-state index is 5.78. The number of nitrogens with zero attached hydrogens (tertiary/aromatic N) is 2. The van der Waals surface area contributed by atoms with Gasteiger partial charge in [0.15, 0.2) is 0 Å². The van der Waals surface area contributed by atoms with Gasteiger partial charge in [-0.25, -0.2) is 9.97 Å². The van der Waals surface area contributed by atoms with Crippen LogP contribution in [0.5, 0.6) is 5.75 Å². The van der Waals surface area contributed by atoms with Crippen LogP contribution >= 0.6 is 0 Å². The third kappa shape index (κ3) is 2.79. The third-order valence-electron chi connectivity index (χ3n) is 3.57. The van der Waals surface area contributed by atoms with Gasteiger partial charge in [-0.1, -0.05) is 12.1 Å². The predicted molar refractivity (Wildman–Crippen MR) is 89.3 cm³/mol. The molecule has 2 aromatic heterocycles. The smallest absolute Gasteiger partial charge is 0.135 e. The Kier molecular flexibility index (Phi) is 3.78. The Bertz CT molecular complexity index is 800. The average Bonchev–Trinajstić information content (AvgIpc) is 2.54. The number of methoxy groups -OCH3 is 1. The fraction of sp³-hybridized carbons (Fsp3) is 0.176. The molecule has 0 bridgehead atoms. The highest BCUT2D eigenvalue weighted by atomic mass is 16.5. The van der Waals surface area contributed by atoms with E-state index in [1.807, 2.05) is 37.4 Å². The summed E-state index contributed by atoms with van der Waals surface area (Å²) in [4.78, 5) is 8.80. The molecule has 112 valence electrons. The number of pyridine rings is 2. The first-order valence-electron chi connectivity index (χ1n) is 7.05. The first-order chi connectivity index (χ1) is 10.7. The molecule has 5 heteroatoms. The minimum Gasteiger partial charge on any atom is -0.497 e. The number of nitrogens with one attached hydrogen (secondary N) is 1. The highest BCUT2D eigenvalue weighted by Gasteiger charge is 2.07. The van der Waals surface area contributed by atoms with Crippen LogP contribution in [0.15, 0.2) is 42.6 Å². The highest BCUT2D eigenvalue weighted by Crippen LogP contribution is 2.24. The molecular weight excluding hydrogens is 276 g/mol. The molecule has 0 amide bonds. The molecule has 0 aliphatic carbocycles. The largest absolute Gasteiger partial charge is 0.497 e. The second-order valence-electron chi connectivity index (χ2n) is 5.07. The van der Waals surface area contributed by atoms with E-state index in [1.165, 1.54) is 5.56 Å². The molecule has 0 radical (unpaired) electrons. The number of anilines is 2. The lowest BCUT2D eigenvalue weighted by Crippen LogP contribution is -2.00. The minimum atomic E-state index is 0.510. The number of hydrogen-bond donors (Lipinski definition) is 2. The molecule has 0 atom stereocenters. The summed E-state index contributed by atoms with van der Waals surface area (Å²) in [7, 11) is 3.52. The van der Waals surface area contributed by atoms with Crippen LogP contribution < -0.4 is 15.8 Å². The predicted octanol–water partition coefficient (Wildman–Crippen LogP) is 2.85. The normalized spacial score (nSPS) is 10.6. The van der Waals surface area contributed by atoms with Crippen LogP contribution in [0.4, 0.5) is 11.6 Å². The van der Waals surface area contributed by atoms with Crippen LogP contribution in [0.25, 0.3) is 10.8 Å². The number of nitrogens with two attached hydrogens (primary N) is 1. The first kappa shape index (κ1) is 14.1. The Morgan fingerprint density at radius 2 is 1.95 bits per heavy atom. The summed E-state index contributed by atoms with van der Waals surface area (Å²) in [5.74, 6) is 2.18. The number of benzene rings is 1. The topological polar surface area (TPSA) is 73.1 Å². The zero-order chi connectivity index (χ0) is 15.5. The van der Waals surface area contributed by atoms with Gasteiger partial charge in [-0.2, -0.15) is 0 Å². The summed E-state index contributed by atoms with van der Waals surface area (Å²) >= 11 is 0. The Balaban J connectivity index is 1.98. The zero-order valence-electron chi connectivity index (χ0n) is 12.6. The molecule has 3 aromatic rings. The van der Waals surface area contributed by atoms with Crippen LogP contribution in [0, 0.1) is 0 Å². The number of nitrogen functional groups attached to an aromatic ring is 1. The van der Waals surface area contributed by atoms with Crippen molar-refractivity contribution in [3.05, 3.63) is 53.9 Å². The van der Waals surface area contributed by atoms with Gasteiger partial charge in [-0.15, -0.1) is 0 Å². The van der Waals surface area contributed by atoms with E-state index in [1.54, 1.807) is 13.3 Å². The fourth-order valence-corrected chi connectivity index (χ4v) is 2.45. The van der Waals surface area contributed by atoms with Crippen molar-refractivity contribution in [2.75, 3.05) is 25.2 Å². The van der Waals surface area contributed by atoms with E-state index in [9.17, 15) is 0 Å². The second-order valence-corrected chi connectivity index (χ2v) is 5.07. The monoisotopic (exact) mass is 294 g/mol. The molecule has 0 spiro atoms. The van der Waals surface area contributed by atoms with Crippen molar-refractivity contribution in [3.63, 3.8) is 0 Å². The molecule has 0 aliphatic rings. The van der Waals surface area contributed by atoms with Crippen LogP contribution in [0.3, 0.4) is 0 Å². The summed E-state index contributed by atoms with van der Waals surface area (Å²) in [5.41, 5.74) is 7.94. The molecule has 0 fully saturated rings. The molecule has 0 saturated carbocycles. The van der Waals surface area contributed by atoms with Crippen LogP contribution in [-0.2, 0) is 6.42 Å². The van der Waals surface area contributed by atoms with E-state index < -0.39 is 0 Å². The van der Waals surface area contributed by atoms with Gasteiger partial charge >= 0.3 is 0 Å². The van der Waals surface area contributed by atoms with Crippen LogP contribution in [0.2, 0.25) is 0 Å². The van der Waals surface area contributed by atoms with Gasteiger partial charge in [-0.3, -0.25) is 0 Å². The molecule has 22 heavy (non-hydrogen) atoms. The van der Waals surface area contributed by atoms with Gasteiger partial charge in [0.25, 0.3) is 0 Å². The lowest BCUT2D eigenvalue weighted by Gasteiger charge is -2.09. The van der Waals surface area contributed by atoms with Crippen molar-refractivity contribution in [2.45, 2.75) is 6.42 Å². The minimum absolute atomic E-state index is 0.510. The molecule has 1 aromatic carbocycles. The van der Waals surface area contributed by atoms with Crippen LogP contribution in [0.1, 0.15) is 11.3 Å². The Hall–Kier alpha value is -2.82. The molecule has 3 rings (SSSR count). The van der Waals surface area contributed by atoms with Gasteiger partial charge in [0.05, 0.1) is 7.11 Å². The molecule has 0 unspecified atom stereocenters. The molecule has 0 saturated heterocycles. The molecule has 0 aliphatic heterocycles. The van der Waals surface area contributed by atoms with E-state index in [2.05, 4.69) is 21.4 Å². The fourth-order valence-electron chi connectivity index (χ4n) is 2.45. The van der Waals surface area contributed by atoms with E-state index in [4.69, 9.17) is 10.5 Å². The van der Waals surface area contributed by atoms with Gasteiger partial charge < -0.3 is 15.8 Å². The van der Waals surface area contributed by atoms with Crippen molar-refractivity contribution in [3.8, 4) is 5.75 Å². The lowest BCUT2D eigenvalue weighted by molar-refractivity contribution is 0.414. The SMILES string of the molecule is CNc1nc(Cc2ccc(OC)cc2)cc2cc(N)ncc12. The third-order valence-corrected chi connectivity index (χ3v) is 3.57. The number of hydrogen-bond acceptors (Lipinski definition) is 5. The maximum absolute atomic E-state index is 5.78. The number of fused-ring (bicyclic) bond motifs is 1. The van der Waals surface area contributed by atoms with Crippen molar-refractivity contribution >= 4 is 22.4 Å². The summed E-state index contributed by atoms with van der Waals surface area (Å²) < 4.78 is 5.18. The molecular formula is C17H18N4O. The van der Waals surface area contributed by atoms with Crippen molar-refractivity contribution in [1.29, 1.82) is 0 Å². The quantitative estimate of drug-likeness (QED) is 0.774. The average molecular weight is 294 g/mol. The summed E-state index contributed by atoms with van der Waals surface area (Å²) in [6.45, 7) is 0. The van der Waals surface area contributed by atoms with Gasteiger partial charge in [-0.05, 0) is 35.2 Å². The number of aromatic nitrogens is 2. The van der Waals surface area contributed by atoms with Gasteiger partial charge in [0, 0.05) is 30.7 Å². The molecule has 2 heterocycles. The van der Waals surface area contributed by atoms with E-state index in [0.717, 1.165) is 34.5 Å². The van der Waals surface area contributed by atoms with Crippen LogP contribution in [-0.4, -0.2) is 24.1 Å².